The summed E-state index contributed by atoms with van der Waals surface area (Å²) in [6.07, 6.45) is 1.89. The highest BCUT2D eigenvalue weighted by molar-refractivity contribution is 7.99. The second-order valence-corrected chi connectivity index (χ2v) is 7.15. The lowest BCUT2D eigenvalue weighted by molar-refractivity contribution is 0.371. The molecule has 26 heavy (non-hydrogen) atoms. The van der Waals surface area contributed by atoms with E-state index in [4.69, 9.17) is 4.74 Å². The molecule has 2 aromatic carbocycles. The van der Waals surface area contributed by atoms with Gasteiger partial charge < -0.3 is 9.30 Å². The van der Waals surface area contributed by atoms with Crippen molar-refractivity contribution in [2.75, 3.05) is 12.4 Å². The summed E-state index contributed by atoms with van der Waals surface area (Å²) in [5, 5.41) is 1.64. The summed E-state index contributed by atoms with van der Waals surface area (Å²) in [5.74, 6) is 7.56. The average molecular weight is 363 g/mol. The minimum atomic E-state index is 0.00255. The van der Waals surface area contributed by atoms with Gasteiger partial charge >= 0.3 is 0 Å². The van der Waals surface area contributed by atoms with E-state index in [2.05, 4.69) is 30.9 Å². The first-order chi connectivity index (χ1) is 12.7. The predicted octanol–water partition coefficient (Wildman–Crippen LogP) is 4.72. The molecular formula is C22H21NO2S. The van der Waals surface area contributed by atoms with Gasteiger partial charge in [-0.05, 0) is 42.3 Å². The fourth-order valence-corrected chi connectivity index (χ4v) is 3.62. The number of hydrogen-bond acceptors (Lipinski definition) is 3. The van der Waals surface area contributed by atoms with E-state index in [-0.39, 0.29) is 5.56 Å². The van der Waals surface area contributed by atoms with Gasteiger partial charge in [0.05, 0.1) is 0 Å². The molecule has 0 spiro atoms. The Hall–Kier alpha value is -2.64. The van der Waals surface area contributed by atoms with Gasteiger partial charge in [-0.15, -0.1) is 17.7 Å². The molecule has 1 heterocycles. The van der Waals surface area contributed by atoms with Crippen LogP contribution in [0.1, 0.15) is 13.8 Å². The Kier molecular flexibility index (Phi) is 5.70. The van der Waals surface area contributed by atoms with E-state index in [0.717, 1.165) is 28.0 Å². The number of fused-ring (bicyclic) bond motifs is 1. The number of rotatable bonds is 5. The van der Waals surface area contributed by atoms with Crippen molar-refractivity contribution in [3.8, 4) is 28.7 Å². The van der Waals surface area contributed by atoms with Crippen molar-refractivity contribution in [1.82, 2.24) is 4.57 Å². The maximum atomic E-state index is 12.5. The maximum Gasteiger partial charge on any atom is 0.258 e. The Morgan fingerprint density at radius 3 is 2.62 bits per heavy atom. The van der Waals surface area contributed by atoms with E-state index in [0.29, 0.717) is 12.0 Å². The molecule has 3 rings (SSSR count). The number of pyridine rings is 1. The molecule has 0 aliphatic heterocycles. The highest BCUT2D eigenvalue weighted by atomic mass is 32.2. The van der Waals surface area contributed by atoms with Crippen LogP contribution in [0.3, 0.4) is 0 Å². The van der Waals surface area contributed by atoms with Crippen molar-refractivity contribution in [1.29, 1.82) is 0 Å². The van der Waals surface area contributed by atoms with E-state index < -0.39 is 0 Å². The smallest absolute Gasteiger partial charge is 0.258 e. The molecule has 3 aromatic rings. The van der Waals surface area contributed by atoms with E-state index in [9.17, 15) is 4.79 Å². The Labute approximate surface area is 158 Å². The molecule has 0 fully saturated rings. The maximum absolute atomic E-state index is 12.5. The zero-order valence-corrected chi connectivity index (χ0v) is 16.0. The van der Waals surface area contributed by atoms with Crippen molar-refractivity contribution in [2.24, 2.45) is 7.05 Å². The average Bonchev–Trinajstić information content (AvgIpc) is 2.66. The fourth-order valence-electron chi connectivity index (χ4n) is 2.92. The monoisotopic (exact) mass is 363 g/mol. The Morgan fingerprint density at radius 2 is 1.88 bits per heavy atom. The van der Waals surface area contributed by atoms with E-state index >= 15 is 0 Å². The van der Waals surface area contributed by atoms with Gasteiger partial charge in [0.2, 0.25) is 0 Å². The zero-order valence-electron chi connectivity index (χ0n) is 15.2. The lowest BCUT2D eigenvalue weighted by atomic mass is 10.00. The lowest BCUT2D eigenvalue weighted by Crippen LogP contribution is -2.16. The molecule has 132 valence electrons. The minimum Gasteiger partial charge on any atom is -0.480 e. The Morgan fingerprint density at radius 1 is 1.12 bits per heavy atom. The van der Waals surface area contributed by atoms with Gasteiger partial charge in [0, 0.05) is 34.7 Å². The van der Waals surface area contributed by atoms with Crippen LogP contribution >= 0.6 is 11.8 Å². The Bertz CT molecular complexity index is 1060. The van der Waals surface area contributed by atoms with Gasteiger partial charge in [0.1, 0.15) is 12.4 Å². The van der Waals surface area contributed by atoms with Crippen molar-refractivity contribution in [3.05, 3.63) is 59.0 Å². The summed E-state index contributed by atoms with van der Waals surface area (Å²) >= 11 is 1.78. The molecule has 0 saturated carbocycles. The summed E-state index contributed by atoms with van der Waals surface area (Å²) in [4.78, 5) is 13.7. The van der Waals surface area contributed by atoms with Crippen LogP contribution in [0, 0.1) is 11.8 Å². The van der Waals surface area contributed by atoms with Crippen LogP contribution in [0.15, 0.2) is 58.4 Å². The molecule has 0 aliphatic carbocycles. The molecule has 0 saturated heterocycles. The van der Waals surface area contributed by atoms with Crippen LogP contribution in [0.25, 0.3) is 21.9 Å². The van der Waals surface area contributed by atoms with Crippen molar-refractivity contribution in [2.45, 2.75) is 18.7 Å². The van der Waals surface area contributed by atoms with Crippen LogP contribution in [0.4, 0.5) is 0 Å². The summed E-state index contributed by atoms with van der Waals surface area (Å²) < 4.78 is 7.55. The quantitative estimate of drug-likeness (QED) is 0.485. The SMILES string of the molecule is CC#CCOc1ccc(SCC)cc1-c1cn(C)c(=O)c2ccccc12. The molecule has 0 atom stereocenters. The first-order valence-corrected chi connectivity index (χ1v) is 9.52. The molecule has 0 unspecified atom stereocenters. The van der Waals surface area contributed by atoms with Gasteiger partial charge in [-0.25, -0.2) is 0 Å². The second kappa shape index (κ2) is 8.16. The standard InChI is InChI=1S/C22H21NO2S/c1-4-6-13-25-21-12-11-16(26-5-2)14-19(21)20-15-23(3)22(24)18-10-8-7-9-17(18)20/h7-12,14-15H,5,13H2,1-3H3. The normalized spacial score (nSPS) is 10.4. The van der Waals surface area contributed by atoms with E-state index in [1.54, 1.807) is 30.3 Å². The van der Waals surface area contributed by atoms with Crippen LogP contribution in [-0.4, -0.2) is 16.9 Å². The third kappa shape index (κ3) is 3.63. The molecule has 1 aromatic heterocycles. The van der Waals surface area contributed by atoms with E-state index in [1.807, 2.05) is 36.5 Å². The number of thioether (sulfide) groups is 1. The van der Waals surface area contributed by atoms with Crippen LogP contribution in [-0.2, 0) is 7.05 Å². The molecule has 0 bridgehead atoms. The van der Waals surface area contributed by atoms with Gasteiger partial charge in [0.15, 0.2) is 0 Å². The number of ether oxygens (including phenoxy) is 1. The molecule has 0 amide bonds. The topological polar surface area (TPSA) is 31.2 Å². The lowest BCUT2D eigenvalue weighted by Gasteiger charge is -2.15. The first kappa shape index (κ1) is 18.2. The largest absolute Gasteiger partial charge is 0.480 e. The molecule has 3 nitrogen and oxygen atoms in total. The van der Waals surface area contributed by atoms with Crippen molar-refractivity contribution < 1.29 is 4.74 Å². The molecular weight excluding hydrogens is 342 g/mol. The summed E-state index contributed by atoms with van der Waals surface area (Å²) in [6, 6.07) is 13.9. The van der Waals surface area contributed by atoms with Gasteiger partial charge in [-0.1, -0.05) is 31.0 Å². The highest BCUT2D eigenvalue weighted by Gasteiger charge is 2.14. The number of nitrogens with zero attached hydrogens (tertiary/aromatic N) is 1. The second-order valence-electron chi connectivity index (χ2n) is 5.81. The number of benzene rings is 2. The van der Waals surface area contributed by atoms with Crippen LogP contribution < -0.4 is 10.3 Å². The summed E-state index contributed by atoms with van der Waals surface area (Å²) in [5.41, 5.74) is 1.97. The van der Waals surface area contributed by atoms with Crippen molar-refractivity contribution >= 4 is 22.5 Å². The molecule has 0 aliphatic rings. The van der Waals surface area contributed by atoms with E-state index in [1.165, 1.54) is 4.90 Å². The Balaban J connectivity index is 2.25. The van der Waals surface area contributed by atoms with Gasteiger partial charge in [-0.2, -0.15) is 0 Å². The summed E-state index contributed by atoms with van der Waals surface area (Å²) in [6.45, 7) is 4.27. The molecule has 4 heteroatoms. The van der Waals surface area contributed by atoms with Gasteiger partial charge in [0.25, 0.3) is 5.56 Å². The third-order valence-corrected chi connectivity index (χ3v) is 5.00. The van der Waals surface area contributed by atoms with Crippen LogP contribution in [0.5, 0.6) is 5.75 Å². The number of aryl methyl sites for hydroxylation is 1. The van der Waals surface area contributed by atoms with Crippen molar-refractivity contribution in [3.63, 3.8) is 0 Å². The fraction of sp³-hybridized carbons (Fsp3) is 0.227. The first-order valence-electron chi connectivity index (χ1n) is 8.53. The number of aromatic nitrogens is 1. The zero-order chi connectivity index (χ0) is 18.5. The van der Waals surface area contributed by atoms with Gasteiger partial charge in [-0.3, -0.25) is 4.79 Å². The highest BCUT2D eigenvalue weighted by Crippen LogP contribution is 2.37. The molecule has 0 radical (unpaired) electrons. The van der Waals surface area contributed by atoms with Crippen LogP contribution in [0.2, 0.25) is 0 Å². The molecule has 0 N–H and O–H groups in total. The minimum absolute atomic E-state index is 0.00255. The third-order valence-electron chi connectivity index (χ3n) is 4.12. The summed E-state index contributed by atoms with van der Waals surface area (Å²) in [7, 11) is 1.78. The number of hydrogen-bond donors (Lipinski definition) is 0. The predicted molar refractivity (Wildman–Crippen MR) is 110 cm³/mol.